The van der Waals surface area contributed by atoms with E-state index in [-0.39, 0.29) is 10.0 Å². The standard InChI is InChI=1S/C9H8BrN3O2S2/c1-6-2-3-9(16-6)17(14,15)13-8-5-11-7(10)4-12-8/h2-5H,1H3,(H,12,13). The monoisotopic (exact) mass is 333 g/mol. The number of hydrogen-bond acceptors (Lipinski definition) is 5. The van der Waals surface area contributed by atoms with E-state index >= 15 is 0 Å². The van der Waals surface area contributed by atoms with Gasteiger partial charge in [-0.25, -0.2) is 18.4 Å². The lowest BCUT2D eigenvalue weighted by Gasteiger charge is -2.04. The van der Waals surface area contributed by atoms with Gasteiger partial charge in [-0.2, -0.15) is 0 Å². The van der Waals surface area contributed by atoms with Crippen LogP contribution < -0.4 is 4.72 Å². The van der Waals surface area contributed by atoms with Crippen molar-refractivity contribution in [2.24, 2.45) is 0 Å². The fourth-order valence-electron chi connectivity index (χ4n) is 1.11. The van der Waals surface area contributed by atoms with Gasteiger partial charge in [0.15, 0.2) is 5.82 Å². The lowest BCUT2D eigenvalue weighted by atomic mass is 10.5. The molecule has 0 unspecified atom stereocenters. The van der Waals surface area contributed by atoms with Crippen LogP contribution in [0.2, 0.25) is 0 Å². The molecular weight excluding hydrogens is 326 g/mol. The molecule has 8 heteroatoms. The van der Waals surface area contributed by atoms with Crippen molar-refractivity contribution in [3.63, 3.8) is 0 Å². The molecule has 0 radical (unpaired) electrons. The maximum atomic E-state index is 11.9. The Labute approximate surface area is 111 Å². The normalized spacial score (nSPS) is 11.4. The first kappa shape index (κ1) is 12.5. The van der Waals surface area contributed by atoms with Crippen molar-refractivity contribution in [2.75, 3.05) is 4.72 Å². The molecule has 0 aliphatic heterocycles. The van der Waals surface area contributed by atoms with E-state index in [1.807, 2.05) is 6.92 Å². The highest BCUT2D eigenvalue weighted by Crippen LogP contribution is 2.22. The maximum Gasteiger partial charge on any atom is 0.272 e. The van der Waals surface area contributed by atoms with E-state index < -0.39 is 10.0 Å². The van der Waals surface area contributed by atoms with Crippen LogP contribution in [0, 0.1) is 6.92 Å². The van der Waals surface area contributed by atoms with Crippen LogP contribution in [0.15, 0.2) is 33.3 Å². The minimum Gasteiger partial charge on any atom is -0.261 e. The highest BCUT2D eigenvalue weighted by molar-refractivity contribution is 9.10. The molecule has 0 fully saturated rings. The minimum absolute atomic E-state index is 0.194. The number of hydrogen-bond donors (Lipinski definition) is 1. The zero-order valence-corrected chi connectivity index (χ0v) is 11.9. The lowest BCUT2D eigenvalue weighted by molar-refractivity contribution is 0.603. The number of anilines is 1. The van der Waals surface area contributed by atoms with E-state index in [2.05, 4.69) is 30.6 Å². The van der Waals surface area contributed by atoms with Crippen LogP contribution in [0.1, 0.15) is 4.88 Å². The first-order chi connectivity index (χ1) is 7.97. The molecule has 5 nitrogen and oxygen atoms in total. The molecule has 0 spiro atoms. The lowest BCUT2D eigenvalue weighted by Crippen LogP contribution is -2.12. The predicted molar refractivity (Wildman–Crippen MR) is 69.6 cm³/mol. The molecule has 2 aromatic heterocycles. The number of nitrogens with zero attached hydrogens (tertiary/aromatic N) is 2. The molecule has 0 saturated heterocycles. The number of halogens is 1. The molecular formula is C9H8BrN3O2S2. The van der Waals surface area contributed by atoms with E-state index in [1.54, 1.807) is 12.1 Å². The van der Waals surface area contributed by atoms with Crippen LogP contribution in [0.4, 0.5) is 5.82 Å². The van der Waals surface area contributed by atoms with Gasteiger partial charge >= 0.3 is 0 Å². The second-order valence-electron chi connectivity index (χ2n) is 3.19. The Bertz CT molecular complexity index is 622. The Morgan fingerprint density at radius 1 is 1.29 bits per heavy atom. The van der Waals surface area contributed by atoms with Crippen LogP contribution in [-0.2, 0) is 10.0 Å². The molecule has 0 aliphatic carbocycles. The van der Waals surface area contributed by atoms with E-state index in [0.29, 0.717) is 4.60 Å². The summed E-state index contributed by atoms with van der Waals surface area (Å²) >= 11 is 4.33. The second kappa shape index (κ2) is 4.71. The summed E-state index contributed by atoms with van der Waals surface area (Å²) in [6, 6.07) is 3.32. The van der Waals surface area contributed by atoms with Crippen LogP contribution in [0.3, 0.4) is 0 Å². The summed E-state index contributed by atoms with van der Waals surface area (Å²) < 4.78 is 27.0. The summed E-state index contributed by atoms with van der Waals surface area (Å²) in [4.78, 5) is 8.73. The van der Waals surface area contributed by atoms with Crippen LogP contribution in [-0.4, -0.2) is 18.4 Å². The molecule has 90 valence electrons. The number of aromatic nitrogens is 2. The third-order valence-electron chi connectivity index (χ3n) is 1.84. The van der Waals surface area contributed by atoms with E-state index in [9.17, 15) is 8.42 Å². The van der Waals surface area contributed by atoms with Gasteiger partial charge < -0.3 is 0 Å². The van der Waals surface area contributed by atoms with Crippen LogP contribution >= 0.6 is 27.3 Å². The number of rotatable bonds is 3. The largest absolute Gasteiger partial charge is 0.272 e. The quantitative estimate of drug-likeness (QED) is 0.936. The topological polar surface area (TPSA) is 72.0 Å². The van der Waals surface area contributed by atoms with Gasteiger partial charge in [-0.1, -0.05) is 0 Å². The average molecular weight is 334 g/mol. The van der Waals surface area contributed by atoms with Crippen LogP contribution in [0.25, 0.3) is 0 Å². The first-order valence-corrected chi connectivity index (χ1v) is 7.63. The van der Waals surface area contributed by atoms with Crippen molar-refractivity contribution in [3.05, 3.63) is 34.0 Å². The van der Waals surface area contributed by atoms with Gasteiger partial charge in [0.2, 0.25) is 0 Å². The van der Waals surface area contributed by atoms with Gasteiger partial charge in [-0.05, 0) is 35.0 Å². The van der Waals surface area contributed by atoms with Gasteiger partial charge in [0.25, 0.3) is 10.0 Å². The molecule has 2 rings (SSSR count). The number of thiophene rings is 1. The van der Waals surface area contributed by atoms with E-state index in [1.165, 1.54) is 23.7 Å². The highest BCUT2D eigenvalue weighted by atomic mass is 79.9. The molecule has 1 N–H and O–H groups in total. The molecule has 0 aromatic carbocycles. The third-order valence-corrected chi connectivity index (χ3v) is 5.10. The Balaban J connectivity index is 2.26. The smallest absolute Gasteiger partial charge is 0.261 e. The number of aryl methyl sites for hydroxylation is 1. The van der Waals surface area contributed by atoms with Crippen LogP contribution in [0.5, 0.6) is 0 Å². The fourth-order valence-corrected chi connectivity index (χ4v) is 3.59. The highest BCUT2D eigenvalue weighted by Gasteiger charge is 2.16. The van der Waals surface area contributed by atoms with Gasteiger partial charge in [0, 0.05) is 4.88 Å². The molecule has 0 aliphatic rings. The average Bonchev–Trinajstić information content (AvgIpc) is 2.69. The summed E-state index contributed by atoms with van der Waals surface area (Å²) in [7, 11) is -3.55. The zero-order chi connectivity index (χ0) is 12.5. The Hall–Kier alpha value is -0.990. The minimum atomic E-state index is -3.55. The molecule has 0 saturated carbocycles. The maximum absolute atomic E-state index is 11.9. The van der Waals surface area contributed by atoms with Gasteiger partial charge in [-0.3, -0.25) is 4.72 Å². The summed E-state index contributed by atoms with van der Waals surface area (Å²) in [5, 5.41) is 0. The summed E-state index contributed by atoms with van der Waals surface area (Å²) in [5.74, 6) is 0.194. The number of nitrogens with one attached hydrogen (secondary N) is 1. The van der Waals surface area contributed by atoms with Gasteiger partial charge in [0.05, 0.1) is 12.4 Å². The SMILES string of the molecule is Cc1ccc(S(=O)(=O)Nc2cnc(Br)cn2)s1. The van der Waals surface area contributed by atoms with Crippen molar-refractivity contribution >= 4 is 43.1 Å². The molecule has 0 bridgehead atoms. The zero-order valence-electron chi connectivity index (χ0n) is 8.71. The summed E-state index contributed by atoms with van der Waals surface area (Å²) in [5.41, 5.74) is 0. The van der Waals surface area contributed by atoms with Crippen molar-refractivity contribution in [1.82, 2.24) is 9.97 Å². The summed E-state index contributed by atoms with van der Waals surface area (Å²) in [6.45, 7) is 1.85. The second-order valence-corrected chi connectivity index (χ2v) is 7.20. The fraction of sp³-hybridized carbons (Fsp3) is 0.111. The summed E-state index contributed by atoms with van der Waals surface area (Å²) in [6.07, 6.45) is 2.78. The van der Waals surface area contributed by atoms with E-state index in [0.717, 1.165) is 4.88 Å². The Morgan fingerprint density at radius 3 is 2.59 bits per heavy atom. The molecule has 0 atom stereocenters. The van der Waals surface area contributed by atoms with Crippen molar-refractivity contribution in [2.45, 2.75) is 11.1 Å². The molecule has 0 amide bonds. The number of sulfonamides is 1. The van der Waals surface area contributed by atoms with Crippen molar-refractivity contribution in [1.29, 1.82) is 0 Å². The molecule has 2 heterocycles. The Kier molecular flexibility index (Phi) is 3.45. The van der Waals surface area contributed by atoms with Gasteiger partial charge in [0.1, 0.15) is 8.81 Å². The van der Waals surface area contributed by atoms with Gasteiger partial charge in [-0.15, -0.1) is 11.3 Å². The third kappa shape index (κ3) is 3.02. The first-order valence-electron chi connectivity index (χ1n) is 4.54. The molecule has 17 heavy (non-hydrogen) atoms. The van der Waals surface area contributed by atoms with Crippen molar-refractivity contribution < 1.29 is 8.42 Å². The predicted octanol–water partition coefficient (Wildman–Crippen LogP) is 2.41. The van der Waals surface area contributed by atoms with Crippen molar-refractivity contribution in [3.8, 4) is 0 Å². The molecule has 2 aromatic rings. The Morgan fingerprint density at radius 2 is 2.06 bits per heavy atom. The van der Waals surface area contributed by atoms with E-state index in [4.69, 9.17) is 0 Å².